The Labute approximate surface area is 168 Å². The van der Waals surface area contributed by atoms with Crippen molar-refractivity contribution in [1.29, 1.82) is 0 Å². The van der Waals surface area contributed by atoms with E-state index in [9.17, 15) is 9.90 Å². The molecule has 30 heavy (non-hydrogen) atoms. The Kier molecular flexibility index (Phi) is 3.26. The van der Waals surface area contributed by atoms with Crippen LogP contribution in [-0.2, 0) is 0 Å². The molecule has 0 amide bonds. The standard InChI is InChI=1S/C23H15N3O4/c1-29-17-9-7-13(11-4-2-3-5-12(11)17)18-15-10-24-26-23(15)25-19-14-6-8-16(27)20(28)21(14)30-22(18)19/h2-10,28H,1H3,(H2,24,25,26). The van der Waals surface area contributed by atoms with Crippen LogP contribution in [0.2, 0.25) is 0 Å². The number of aromatic hydroxyl groups is 1. The molecule has 0 spiro atoms. The maximum absolute atomic E-state index is 11.9. The van der Waals surface area contributed by atoms with E-state index in [0.717, 1.165) is 33.0 Å². The number of methoxy groups -OCH3 is 1. The molecule has 0 aliphatic carbocycles. The van der Waals surface area contributed by atoms with E-state index in [1.165, 1.54) is 6.07 Å². The van der Waals surface area contributed by atoms with Gasteiger partial charge in [-0.2, -0.15) is 0 Å². The van der Waals surface area contributed by atoms with Gasteiger partial charge in [0.25, 0.3) is 0 Å². The summed E-state index contributed by atoms with van der Waals surface area (Å²) in [6.07, 6.45) is 1.82. The van der Waals surface area contributed by atoms with E-state index in [1.54, 1.807) is 13.2 Å². The molecule has 146 valence electrons. The quantitative estimate of drug-likeness (QED) is 0.393. The van der Waals surface area contributed by atoms with Crippen molar-refractivity contribution in [3.8, 4) is 22.6 Å². The second-order valence-electron chi connectivity index (χ2n) is 7.09. The van der Waals surface area contributed by atoms with Crippen molar-refractivity contribution in [3.05, 3.63) is 65.0 Å². The van der Waals surface area contributed by atoms with E-state index in [-0.39, 0.29) is 5.58 Å². The van der Waals surface area contributed by atoms with E-state index >= 15 is 0 Å². The largest absolute Gasteiger partial charge is 0.502 e. The van der Waals surface area contributed by atoms with Crippen molar-refractivity contribution in [2.45, 2.75) is 0 Å². The molecular weight excluding hydrogens is 382 g/mol. The van der Waals surface area contributed by atoms with Crippen LogP contribution in [0, 0.1) is 0 Å². The number of phenols is 1. The van der Waals surface area contributed by atoms with Gasteiger partial charge in [-0.25, -0.2) is 4.98 Å². The molecule has 0 bridgehead atoms. The van der Waals surface area contributed by atoms with Crippen LogP contribution in [0.1, 0.15) is 0 Å². The van der Waals surface area contributed by atoms with Gasteiger partial charge in [0.2, 0.25) is 11.2 Å². The second-order valence-corrected chi connectivity index (χ2v) is 7.09. The minimum atomic E-state index is -0.489. The number of aromatic amines is 2. The summed E-state index contributed by atoms with van der Waals surface area (Å²) in [5.74, 6) is 0.362. The highest BCUT2D eigenvalue weighted by Crippen LogP contribution is 2.43. The number of benzene rings is 3. The molecule has 0 aliphatic heterocycles. The number of nitrogens with one attached hydrogen (secondary N) is 2. The molecule has 0 radical (unpaired) electrons. The fourth-order valence-electron chi connectivity index (χ4n) is 4.16. The van der Waals surface area contributed by atoms with Gasteiger partial charge in [-0.1, -0.05) is 24.3 Å². The van der Waals surface area contributed by atoms with E-state index in [2.05, 4.69) is 15.2 Å². The monoisotopic (exact) mass is 397 g/mol. The molecule has 0 aliphatic rings. The number of rotatable bonds is 2. The minimum Gasteiger partial charge on any atom is -0.502 e. The lowest BCUT2D eigenvalue weighted by Crippen LogP contribution is -1.95. The smallest absolute Gasteiger partial charge is 0.224 e. The summed E-state index contributed by atoms with van der Waals surface area (Å²) in [5.41, 5.74) is 3.11. The lowest BCUT2D eigenvalue weighted by atomic mass is 9.95. The summed E-state index contributed by atoms with van der Waals surface area (Å²) in [7, 11) is 1.65. The average molecular weight is 397 g/mol. The Bertz CT molecular complexity index is 1670. The first-order valence-corrected chi connectivity index (χ1v) is 9.37. The summed E-state index contributed by atoms with van der Waals surface area (Å²) < 4.78 is 11.6. The van der Waals surface area contributed by atoms with Gasteiger partial charge < -0.3 is 19.4 Å². The molecule has 0 fully saturated rings. The van der Waals surface area contributed by atoms with Crippen molar-refractivity contribution < 1.29 is 14.3 Å². The Morgan fingerprint density at radius 2 is 1.80 bits per heavy atom. The van der Waals surface area contributed by atoms with Crippen LogP contribution >= 0.6 is 0 Å². The number of aromatic nitrogens is 3. The highest BCUT2D eigenvalue weighted by molar-refractivity contribution is 6.18. The number of hydrogen-bond acceptors (Lipinski definition) is 5. The molecule has 3 heterocycles. The topological polar surface area (TPSA) is 104 Å². The van der Waals surface area contributed by atoms with Crippen molar-refractivity contribution >= 4 is 43.9 Å². The van der Waals surface area contributed by atoms with Crippen LogP contribution < -0.4 is 10.2 Å². The fourth-order valence-corrected chi connectivity index (χ4v) is 4.16. The molecule has 3 N–H and O–H groups in total. The normalized spacial score (nSPS) is 11.8. The maximum Gasteiger partial charge on any atom is 0.224 e. The van der Waals surface area contributed by atoms with Crippen LogP contribution in [-0.4, -0.2) is 27.4 Å². The number of ether oxygens (including phenoxy) is 1. The molecule has 6 rings (SSSR count). The van der Waals surface area contributed by atoms with Crippen molar-refractivity contribution in [2.24, 2.45) is 0 Å². The number of fused-ring (bicyclic) bond motifs is 5. The molecule has 7 nitrogen and oxygen atoms in total. The van der Waals surface area contributed by atoms with E-state index in [1.807, 2.05) is 42.6 Å². The summed E-state index contributed by atoms with van der Waals surface area (Å²) in [6.45, 7) is 0. The zero-order valence-electron chi connectivity index (χ0n) is 15.8. The molecule has 0 saturated carbocycles. The molecule has 0 saturated heterocycles. The zero-order chi connectivity index (χ0) is 20.4. The summed E-state index contributed by atoms with van der Waals surface area (Å²) >= 11 is 0. The first-order chi connectivity index (χ1) is 14.7. The molecule has 0 unspecified atom stereocenters. The number of phenolic OH excluding ortho intramolecular Hbond substituents is 1. The lowest BCUT2D eigenvalue weighted by molar-refractivity contribution is 0.420. The Balaban J connectivity index is 1.85. The van der Waals surface area contributed by atoms with Gasteiger partial charge in [0.15, 0.2) is 16.8 Å². The Hall–Kier alpha value is -4.26. The first-order valence-electron chi connectivity index (χ1n) is 9.37. The van der Waals surface area contributed by atoms with Crippen LogP contribution in [0.25, 0.3) is 55.0 Å². The molecular formula is C23H15N3O4. The van der Waals surface area contributed by atoms with Gasteiger partial charge in [0.1, 0.15) is 11.3 Å². The fraction of sp³-hybridized carbons (Fsp3) is 0.0435. The lowest BCUT2D eigenvalue weighted by Gasteiger charge is -2.11. The van der Waals surface area contributed by atoms with Gasteiger partial charge in [-0.05, 0) is 35.2 Å². The van der Waals surface area contributed by atoms with Crippen molar-refractivity contribution in [1.82, 2.24) is 15.2 Å². The van der Waals surface area contributed by atoms with Gasteiger partial charge in [-0.3, -0.25) is 9.89 Å². The SMILES string of the molecule is COc1ccc(-c2c3c[nH][nH]c3nc3c2oc2c(O)c(=O)ccc23)c2ccccc12. The number of hydrogen-bond donors (Lipinski definition) is 3. The molecule has 6 aromatic rings. The van der Waals surface area contributed by atoms with Gasteiger partial charge >= 0.3 is 0 Å². The predicted molar refractivity (Wildman–Crippen MR) is 115 cm³/mol. The van der Waals surface area contributed by atoms with Crippen LogP contribution in [0.5, 0.6) is 11.5 Å². The third kappa shape index (κ3) is 2.08. The van der Waals surface area contributed by atoms with E-state index in [4.69, 9.17) is 9.15 Å². The molecule has 3 aromatic heterocycles. The Morgan fingerprint density at radius 3 is 2.63 bits per heavy atom. The van der Waals surface area contributed by atoms with Gasteiger partial charge in [0, 0.05) is 22.5 Å². The molecule has 3 aromatic carbocycles. The summed E-state index contributed by atoms with van der Waals surface area (Å²) in [4.78, 5) is 16.6. The summed E-state index contributed by atoms with van der Waals surface area (Å²) in [6, 6.07) is 14.8. The minimum absolute atomic E-state index is 0.140. The Morgan fingerprint density at radius 1 is 0.967 bits per heavy atom. The molecule has 0 atom stereocenters. The second kappa shape index (κ2) is 5.87. The van der Waals surface area contributed by atoms with E-state index in [0.29, 0.717) is 22.1 Å². The van der Waals surface area contributed by atoms with E-state index < -0.39 is 11.2 Å². The van der Waals surface area contributed by atoms with Gasteiger partial charge in [0.05, 0.1) is 12.5 Å². The summed E-state index contributed by atoms with van der Waals surface area (Å²) in [5, 5.41) is 19.7. The number of pyridine rings is 1. The van der Waals surface area contributed by atoms with Crippen LogP contribution in [0.4, 0.5) is 0 Å². The van der Waals surface area contributed by atoms with Gasteiger partial charge in [-0.15, -0.1) is 0 Å². The predicted octanol–water partition coefficient (Wildman–Crippen LogP) is 4.69. The van der Waals surface area contributed by atoms with Crippen molar-refractivity contribution in [3.63, 3.8) is 0 Å². The highest BCUT2D eigenvalue weighted by atomic mass is 16.5. The number of furan rings is 1. The van der Waals surface area contributed by atoms with Crippen molar-refractivity contribution in [2.75, 3.05) is 7.11 Å². The third-order valence-corrected chi connectivity index (χ3v) is 5.52. The number of H-pyrrole nitrogens is 2. The zero-order valence-corrected chi connectivity index (χ0v) is 15.8. The molecule has 7 heteroatoms. The average Bonchev–Trinajstić information content (AvgIpc) is 3.39. The van der Waals surface area contributed by atoms with Crippen LogP contribution in [0.3, 0.4) is 0 Å². The number of nitrogens with zero attached hydrogens (tertiary/aromatic N) is 1. The first kappa shape index (κ1) is 16.7. The van der Waals surface area contributed by atoms with Crippen LogP contribution in [0.15, 0.2) is 63.9 Å². The third-order valence-electron chi connectivity index (χ3n) is 5.52. The highest BCUT2D eigenvalue weighted by Gasteiger charge is 2.22. The maximum atomic E-state index is 11.9.